The van der Waals surface area contributed by atoms with E-state index in [0.717, 1.165) is 5.56 Å². The molecule has 0 aliphatic heterocycles. The average Bonchev–Trinajstić information content (AvgIpc) is 2.46. The highest BCUT2D eigenvalue weighted by Crippen LogP contribution is 2.17. The second kappa shape index (κ2) is 5.63. The van der Waals surface area contributed by atoms with Crippen molar-refractivity contribution in [2.75, 3.05) is 11.9 Å². The summed E-state index contributed by atoms with van der Waals surface area (Å²) in [5.41, 5.74) is 7.54. The second-order valence-corrected chi connectivity index (χ2v) is 4.25. The van der Waals surface area contributed by atoms with E-state index >= 15 is 0 Å². The van der Waals surface area contributed by atoms with E-state index in [1.807, 2.05) is 12.1 Å². The van der Waals surface area contributed by atoms with E-state index in [1.54, 1.807) is 31.3 Å². The predicted molar refractivity (Wildman–Crippen MR) is 73.5 cm³/mol. The van der Waals surface area contributed by atoms with Gasteiger partial charge in [-0.15, -0.1) is 0 Å². The van der Waals surface area contributed by atoms with Crippen LogP contribution in [0.1, 0.15) is 15.9 Å². The molecule has 0 saturated carbocycles. The smallest absolute Gasteiger partial charge is 0.258 e. The predicted octanol–water partition coefficient (Wildman–Crippen LogP) is 2.56. The van der Waals surface area contributed by atoms with Crippen molar-refractivity contribution in [2.45, 2.75) is 6.54 Å². The standard InChI is InChI=1S/C15H15FN2O/c1-18(14-4-2-3-13(16)9-14)15(19)12-7-5-11(10-17)6-8-12/h2-9H,10,17H2,1H3. The van der Waals surface area contributed by atoms with Gasteiger partial charge in [-0.25, -0.2) is 4.39 Å². The second-order valence-electron chi connectivity index (χ2n) is 4.25. The molecule has 0 atom stereocenters. The minimum absolute atomic E-state index is 0.186. The maximum atomic E-state index is 13.1. The van der Waals surface area contributed by atoms with Crippen LogP contribution in [0, 0.1) is 5.82 Å². The normalized spacial score (nSPS) is 10.3. The quantitative estimate of drug-likeness (QED) is 0.919. The lowest BCUT2D eigenvalue weighted by atomic mass is 10.1. The molecule has 0 bridgehead atoms. The fraction of sp³-hybridized carbons (Fsp3) is 0.133. The van der Waals surface area contributed by atoms with E-state index < -0.39 is 0 Å². The lowest BCUT2D eigenvalue weighted by Gasteiger charge is -2.17. The first-order valence-electron chi connectivity index (χ1n) is 5.94. The van der Waals surface area contributed by atoms with Crippen LogP contribution >= 0.6 is 0 Å². The molecule has 0 spiro atoms. The van der Waals surface area contributed by atoms with Crippen LogP contribution in [-0.4, -0.2) is 13.0 Å². The molecule has 0 aliphatic rings. The molecule has 3 nitrogen and oxygen atoms in total. The number of amides is 1. The molecule has 2 N–H and O–H groups in total. The van der Waals surface area contributed by atoms with Crippen LogP contribution in [-0.2, 0) is 6.54 Å². The Bertz CT molecular complexity index is 581. The molecule has 0 aromatic heterocycles. The molecule has 1 amide bonds. The Morgan fingerprint density at radius 2 is 1.89 bits per heavy atom. The summed E-state index contributed by atoms with van der Waals surface area (Å²) < 4.78 is 13.1. The van der Waals surface area contributed by atoms with Crippen LogP contribution < -0.4 is 10.6 Å². The van der Waals surface area contributed by atoms with E-state index in [4.69, 9.17) is 5.73 Å². The summed E-state index contributed by atoms with van der Waals surface area (Å²) >= 11 is 0. The molecule has 0 saturated heterocycles. The lowest BCUT2D eigenvalue weighted by Crippen LogP contribution is -2.26. The van der Waals surface area contributed by atoms with Gasteiger partial charge in [0, 0.05) is 24.8 Å². The van der Waals surface area contributed by atoms with Crippen LogP contribution in [0.25, 0.3) is 0 Å². The third kappa shape index (κ3) is 2.98. The summed E-state index contributed by atoms with van der Waals surface area (Å²) in [5, 5.41) is 0. The maximum Gasteiger partial charge on any atom is 0.258 e. The summed E-state index contributed by atoms with van der Waals surface area (Å²) in [6, 6.07) is 13.0. The van der Waals surface area contributed by atoms with Gasteiger partial charge in [-0.05, 0) is 35.9 Å². The van der Waals surface area contributed by atoms with Crippen LogP contribution in [0.15, 0.2) is 48.5 Å². The zero-order valence-electron chi connectivity index (χ0n) is 10.6. The van der Waals surface area contributed by atoms with Crippen LogP contribution in [0.2, 0.25) is 0 Å². The van der Waals surface area contributed by atoms with Gasteiger partial charge in [-0.2, -0.15) is 0 Å². The molecule has 4 heteroatoms. The summed E-state index contributed by atoms with van der Waals surface area (Å²) in [5.74, 6) is -0.551. The number of nitrogens with zero attached hydrogens (tertiary/aromatic N) is 1. The minimum atomic E-state index is -0.365. The molecular weight excluding hydrogens is 243 g/mol. The Hall–Kier alpha value is -2.20. The van der Waals surface area contributed by atoms with Gasteiger partial charge in [0.1, 0.15) is 5.82 Å². The molecular formula is C15H15FN2O. The van der Waals surface area contributed by atoms with Crippen LogP contribution in [0.3, 0.4) is 0 Å². The number of benzene rings is 2. The fourth-order valence-corrected chi connectivity index (χ4v) is 1.78. The van der Waals surface area contributed by atoms with Gasteiger partial charge in [0.15, 0.2) is 0 Å². The molecule has 0 fully saturated rings. The number of nitrogens with two attached hydrogens (primary N) is 1. The highest BCUT2D eigenvalue weighted by Gasteiger charge is 2.13. The molecule has 2 aromatic rings. The summed E-state index contributed by atoms with van der Waals surface area (Å²) in [7, 11) is 1.62. The van der Waals surface area contributed by atoms with Crippen molar-refractivity contribution < 1.29 is 9.18 Å². The monoisotopic (exact) mass is 258 g/mol. The zero-order chi connectivity index (χ0) is 13.8. The van der Waals surface area contributed by atoms with E-state index in [0.29, 0.717) is 17.8 Å². The highest BCUT2D eigenvalue weighted by molar-refractivity contribution is 6.05. The van der Waals surface area contributed by atoms with E-state index in [1.165, 1.54) is 17.0 Å². The zero-order valence-corrected chi connectivity index (χ0v) is 10.6. The summed E-state index contributed by atoms with van der Waals surface area (Å²) in [6.45, 7) is 0.439. The number of carbonyl (C=O) groups is 1. The molecule has 0 radical (unpaired) electrons. The fourth-order valence-electron chi connectivity index (χ4n) is 1.78. The van der Waals surface area contributed by atoms with Crippen molar-refractivity contribution >= 4 is 11.6 Å². The van der Waals surface area contributed by atoms with Crippen LogP contribution in [0.4, 0.5) is 10.1 Å². The first-order chi connectivity index (χ1) is 9.11. The molecule has 0 aliphatic carbocycles. The first kappa shape index (κ1) is 13.2. The Morgan fingerprint density at radius 1 is 1.21 bits per heavy atom. The highest BCUT2D eigenvalue weighted by atomic mass is 19.1. The van der Waals surface area contributed by atoms with Crippen molar-refractivity contribution in [3.63, 3.8) is 0 Å². The number of hydrogen-bond acceptors (Lipinski definition) is 2. The maximum absolute atomic E-state index is 13.1. The van der Waals surface area contributed by atoms with Gasteiger partial charge in [0.05, 0.1) is 0 Å². The molecule has 2 rings (SSSR count). The number of carbonyl (C=O) groups excluding carboxylic acids is 1. The van der Waals surface area contributed by atoms with Crippen molar-refractivity contribution in [3.05, 3.63) is 65.5 Å². The van der Waals surface area contributed by atoms with Gasteiger partial charge in [0.2, 0.25) is 0 Å². The van der Waals surface area contributed by atoms with Gasteiger partial charge in [0.25, 0.3) is 5.91 Å². The van der Waals surface area contributed by atoms with Gasteiger partial charge >= 0.3 is 0 Å². The molecule has 2 aromatic carbocycles. The van der Waals surface area contributed by atoms with E-state index in [-0.39, 0.29) is 11.7 Å². The van der Waals surface area contributed by atoms with Crippen molar-refractivity contribution in [1.29, 1.82) is 0 Å². The van der Waals surface area contributed by atoms with Crippen molar-refractivity contribution in [1.82, 2.24) is 0 Å². The van der Waals surface area contributed by atoms with Crippen molar-refractivity contribution in [3.8, 4) is 0 Å². The Kier molecular flexibility index (Phi) is 3.92. The van der Waals surface area contributed by atoms with Gasteiger partial charge in [-0.1, -0.05) is 18.2 Å². The number of anilines is 1. The molecule has 0 heterocycles. The SMILES string of the molecule is CN(C(=O)c1ccc(CN)cc1)c1cccc(F)c1. The summed E-state index contributed by atoms with van der Waals surface area (Å²) in [6.07, 6.45) is 0. The first-order valence-corrected chi connectivity index (χ1v) is 5.94. The van der Waals surface area contributed by atoms with E-state index in [2.05, 4.69) is 0 Å². The Balaban J connectivity index is 2.23. The lowest BCUT2D eigenvalue weighted by molar-refractivity contribution is 0.0993. The number of rotatable bonds is 3. The largest absolute Gasteiger partial charge is 0.326 e. The third-order valence-corrected chi connectivity index (χ3v) is 2.94. The van der Waals surface area contributed by atoms with E-state index in [9.17, 15) is 9.18 Å². The number of halogens is 1. The summed E-state index contributed by atoms with van der Waals surface area (Å²) in [4.78, 5) is 13.6. The molecule has 98 valence electrons. The third-order valence-electron chi connectivity index (χ3n) is 2.94. The number of hydrogen-bond donors (Lipinski definition) is 1. The van der Waals surface area contributed by atoms with Gasteiger partial charge in [-0.3, -0.25) is 4.79 Å². The van der Waals surface area contributed by atoms with Gasteiger partial charge < -0.3 is 10.6 Å². The molecule has 0 unspecified atom stereocenters. The van der Waals surface area contributed by atoms with Crippen LogP contribution in [0.5, 0.6) is 0 Å². The minimum Gasteiger partial charge on any atom is -0.326 e. The Labute approximate surface area is 111 Å². The average molecular weight is 258 g/mol. The molecule has 19 heavy (non-hydrogen) atoms. The van der Waals surface area contributed by atoms with Crippen molar-refractivity contribution in [2.24, 2.45) is 5.73 Å². The Morgan fingerprint density at radius 3 is 2.47 bits per heavy atom. The topological polar surface area (TPSA) is 46.3 Å².